The van der Waals surface area contributed by atoms with Gasteiger partial charge in [0.1, 0.15) is 5.66 Å². The lowest BCUT2D eigenvalue weighted by Gasteiger charge is -2.28. The van der Waals surface area contributed by atoms with Crippen LogP contribution in [-0.4, -0.2) is 68.6 Å². The Labute approximate surface area is 275 Å². The fraction of sp³-hybridized carbons (Fsp3) is 0.545. The highest BCUT2D eigenvalue weighted by Gasteiger charge is 2.46. The van der Waals surface area contributed by atoms with Gasteiger partial charge in [-0.25, -0.2) is 0 Å². The molecule has 12 nitrogen and oxygen atoms in total. The lowest BCUT2D eigenvalue weighted by Crippen LogP contribution is -2.55. The SMILES string of the molecule is C=CC1C(=C)[C@@H](CC2N/C(=C\[C@@]3(N)N/C(=C/C4NC(=O)[C@H](C)[C@H]4CCS)C(C)=C3CCC(=O)O)C(CCC(=O)O)=C2C)N[C@]1(N)O. The number of carboxylic acid groups (broad SMARTS) is 2. The average molecular weight is 657 g/mol. The lowest BCUT2D eigenvalue weighted by atomic mass is 9.88. The first-order valence-corrected chi connectivity index (χ1v) is 16.3. The second-order valence-electron chi connectivity index (χ2n) is 12.9. The van der Waals surface area contributed by atoms with E-state index in [9.17, 15) is 29.7 Å². The summed E-state index contributed by atoms with van der Waals surface area (Å²) in [6.07, 6.45) is 6.71. The van der Waals surface area contributed by atoms with Crippen LogP contribution < -0.4 is 32.7 Å². The normalized spacial score (nSPS) is 36.1. The van der Waals surface area contributed by atoms with Gasteiger partial charge in [0.2, 0.25) is 5.91 Å². The minimum absolute atomic E-state index is 0.0303. The molecule has 13 heteroatoms. The fourth-order valence-electron chi connectivity index (χ4n) is 7.31. The number of aliphatic carboxylic acids is 2. The third kappa shape index (κ3) is 7.13. The third-order valence-electron chi connectivity index (χ3n) is 9.97. The average Bonchev–Trinajstić information content (AvgIpc) is 3.56. The Morgan fingerprint density at radius 3 is 2.30 bits per heavy atom. The topological polar surface area (TPSA) is 212 Å². The number of hydrogen-bond donors (Lipinski definition) is 10. The van der Waals surface area contributed by atoms with Crippen LogP contribution in [0.25, 0.3) is 0 Å². The van der Waals surface area contributed by atoms with E-state index in [0.29, 0.717) is 34.7 Å². The van der Waals surface area contributed by atoms with Crippen LogP contribution in [0.2, 0.25) is 0 Å². The van der Waals surface area contributed by atoms with Crippen molar-refractivity contribution in [2.75, 3.05) is 5.75 Å². The van der Waals surface area contributed by atoms with Gasteiger partial charge in [0.05, 0.1) is 12.0 Å². The molecule has 4 aliphatic heterocycles. The molecule has 1 amide bonds. The summed E-state index contributed by atoms with van der Waals surface area (Å²) in [4.78, 5) is 35.8. The molecule has 4 aliphatic rings. The molecule has 11 N–H and O–H groups in total. The highest BCUT2D eigenvalue weighted by Crippen LogP contribution is 2.40. The van der Waals surface area contributed by atoms with Crippen molar-refractivity contribution in [3.63, 3.8) is 0 Å². The van der Waals surface area contributed by atoms with Crippen molar-refractivity contribution in [3.8, 4) is 0 Å². The van der Waals surface area contributed by atoms with E-state index in [4.69, 9.17) is 11.5 Å². The summed E-state index contributed by atoms with van der Waals surface area (Å²) < 4.78 is 0. The number of amides is 1. The Morgan fingerprint density at radius 1 is 1.07 bits per heavy atom. The third-order valence-corrected chi connectivity index (χ3v) is 10.2. The number of hydrogen-bond acceptors (Lipinski definition) is 10. The van der Waals surface area contributed by atoms with E-state index in [0.717, 1.165) is 23.1 Å². The summed E-state index contributed by atoms with van der Waals surface area (Å²) in [5, 5.41) is 42.8. The fourth-order valence-corrected chi connectivity index (χ4v) is 7.61. The molecule has 0 aromatic rings. The number of nitrogens with two attached hydrogens (primary N) is 2. The van der Waals surface area contributed by atoms with Crippen LogP contribution in [-0.2, 0) is 14.4 Å². The number of rotatable bonds is 13. The maximum Gasteiger partial charge on any atom is 0.303 e. The molecule has 0 radical (unpaired) electrons. The molecule has 0 bridgehead atoms. The van der Waals surface area contributed by atoms with Gasteiger partial charge in [-0.15, -0.1) is 6.58 Å². The molecule has 46 heavy (non-hydrogen) atoms. The molecular weight excluding hydrogens is 608 g/mol. The molecule has 0 aliphatic carbocycles. The second-order valence-corrected chi connectivity index (χ2v) is 13.4. The van der Waals surface area contributed by atoms with E-state index >= 15 is 0 Å². The zero-order valence-corrected chi connectivity index (χ0v) is 27.6. The van der Waals surface area contributed by atoms with Crippen molar-refractivity contribution in [2.45, 2.75) is 88.9 Å². The number of aliphatic hydroxyl groups is 1. The molecule has 2 fully saturated rings. The molecule has 2 saturated heterocycles. The van der Waals surface area contributed by atoms with Crippen molar-refractivity contribution < 1.29 is 29.7 Å². The number of thiol groups is 1. The van der Waals surface area contributed by atoms with Crippen molar-refractivity contribution in [3.05, 3.63) is 70.6 Å². The Bertz CT molecular complexity index is 1430. The predicted octanol–water partition coefficient (Wildman–Crippen LogP) is 1.74. The molecule has 4 heterocycles. The number of carbonyl (C=O) groups excluding carboxylic acids is 1. The van der Waals surface area contributed by atoms with Gasteiger partial charge < -0.3 is 37.0 Å². The number of carbonyl (C=O) groups is 3. The summed E-state index contributed by atoms with van der Waals surface area (Å²) in [5.41, 5.74) is 17.1. The molecule has 4 rings (SSSR count). The van der Waals surface area contributed by atoms with Crippen molar-refractivity contribution >= 4 is 30.5 Å². The molecule has 0 spiro atoms. The standard InChI is InChI=1S/C33H48N6O6S/c1-6-22-18(4)26(39-33(22,35)45)13-24-16(2)20(7-9-29(40)41)28(36-24)15-32(34)23(8-10-30(42)43)19(5)25(38-32)14-27-21(11-12-46)17(3)31(44)37-27/h6,14-15,17,21-22,24,26-27,36,38-39,45-46H,1,4,7-13,34-35H2,2-3,5H3,(H,37,44)(H,40,41)(H,42,43)/b25-14+,28-15-/t17-,21-,22?,24?,26-,27?,32-,33+/m1/s1. The molecule has 8 atom stereocenters. The molecule has 252 valence electrons. The Morgan fingerprint density at radius 2 is 1.72 bits per heavy atom. The highest BCUT2D eigenvalue weighted by molar-refractivity contribution is 7.80. The highest BCUT2D eigenvalue weighted by atomic mass is 32.1. The number of carboxylic acids is 2. The second kappa shape index (κ2) is 13.8. The van der Waals surface area contributed by atoms with E-state index in [2.05, 4.69) is 47.1 Å². The molecular formula is C33H48N6O6S. The van der Waals surface area contributed by atoms with Gasteiger partial charge in [-0.3, -0.25) is 25.4 Å². The van der Waals surface area contributed by atoms with Crippen molar-refractivity contribution in [1.29, 1.82) is 0 Å². The van der Waals surface area contributed by atoms with Crippen LogP contribution in [0.1, 0.15) is 59.3 Å². The van der Waals surface area contributed by atoms with Gasteiger partial charge >= 0.3 is 11.9 Å². The smallest absolute Gasteiger partial charge is 0.303 e. The van der Waals surface area contributed by atoms with Gasteiger partial charge in [-0.05, 0) is 91.2 Å². The zero-order chi connectivity index (χ0) is 34.1. The van der Waals surface area contributed by atoms with Crippen molar-refractivity contribution in [1.82, 2.24) is 21.3 Å². The maximum absolute atomic E-state index is 12.6. The van der Waals surface area contributed by atoms with Crippen LogP contribution in [0.5, 0.6) is 0 Å². The van der Waals surface area contributed by atoms with Crippen LogP contribution in [0.15, 0.2) is 70.6 Å². The van der Waals surface area contributed by atoms with Gasteiger partial charge in [0.25, 0.3) is 0 Å². The summed E-state index contributed by atoms with van der Waals surface area (Å²) in [6.45, 7) is 13.6. The Balaban J connectivity index is 1.70. The summed E-state index contributed by atoms with van der Waals surface area (Å²) in [5.74, 6) is -3.68. The lowest BCUT2D eigenvalue weighted by molar-refractivity contribution is -0.138. The van der Waals surface area contributed by atoms with E-state index in [-0.39, 0.29) is 61.6 Å². The predicted molar refractivity (Wildman–Crippen MR) is 179 cm³/mol. The molecule has 0 saturated carbocycles. The number of allylic oxidation sites excluding steroid dienone is 2. The quantitative estimate of drug-likeness (QED) is 0.0784. The molecule has 0 aromatic carbocycles. The zero-order valence-electron chi connectivity index (χ0n) is 26.7. The van der Waals surface area contributed by atoms with Crippen molar-refractivity contribution in [2.24, 2.45) is 29.2 Å². The Kier molecular flexibility index (Phi) is 10.6. The summed E-state index contributed by atoms with van der Waals surface area (Å²) in [7, 11) is 0. The van der Waals surface area contributed by atoms with Crippen LogP contribution >= 0.6 is 12.6 Å². The van der Waals surface area contributed by atoms with Crippen LogP contribution in [0, 0.1) is 17.8 Å². The Hall–Kier alpha value is -3.36. The van der Waals surface area contributed by atoms with Gasteiger partial charge in [-0.1, -0.05) is 19.6 Å². The van der Waals surface area contributed by atoms with E-state index in [1.54, 1.807) is 12.2 Å². The monoisotopic (exact) mass is 656 g/mol. The van der Waals surface area contributed by atoms with E-state index in [1.807, 2.05) is 26.8 Å². The van der Waals surface area contributed by atoms with Crippen LogP contribution in [0.4, 0.5) is 0 Å². The maximum atomic E-state index is 12.6. The molecule has 3 unspecified atom stereocenters. The first kappa shape index (κ1) is 35.5. The summed E-state index contributed by atoms with van der Waals surface area (Å²) >= 11 is 4.39. The minimum atomic E-state index is -1.69. The van der Waals surface area contributed by atoms with E-state index in [1.165, 1.54) is 0 Å². The number of nitrogens with one attached hydrogen (secondary N) is 4. The molecule has 0 aromatic heterocycles. The first-order chi connectivity index (χ1) is 21.5. The van der Waals surface area contributed by atoms with Gasteiger partial charge in [0.15, 0.2) is 5.85 Å². The van der Waals surface area contributed by atoms with Gasteiger partial charge in [-0.2, -0.15) is 12.6 Å². The first-order valence-electron chi connectivity index (χ1n) is 15.7. The summed E-state index contributed by atoms with van der Waals surface area (Å²) in [6, 6.07) is -0.856. The largest absolute Gasteiger partial charge is 0.481 e. The van der Waals surface area contributed by atoms with E-state index < -0.39 is 29.4 Å². The minimum Gasteiger partial charge on any atom is -0.481 e. The van der Waals surface area contributed by atoms with Gasteiger partial charge in [0, 0.05) is 42.2 Å². The van der Waals surface area contributed by atoms with Crippen LogP contribution in [0.3, 0.4) is 0 Å².